The minimum Gasteiger partial charge on any atom is -0.369 e. The van der Waals surface area contributed by atoms with Crippen LogP contribution in [0.1, 0.15) is 25.7 Å². The highest BCUT2D eigenvalue weighted by atomic mass is 16.2. The second kappa shape index (κ2) is 6.34. The van der Waals surface area contributed by atoms with Crippen molar-refractivity contribution in [3.8, 4) is 0 Å². The van der Waals surface area contributed by atoms with Gasteiger partial charge in [0.15, 0.2) is 0 Å². The Morgan fingerprint density at radius 1 is 1.11 bits per heavy atom. The molecule has 1 aliphatic heterocycles. The summed E-state index contributed by atoms with van der Waals surface area (Å²) in [4.78, 5) is 27.3. The Balaban J connectivity index is 1.85. The first-order valence-corrected chi connectivity index (χ1v) is 7.11. The smallest absolute Gasteiger partial charge is 0.231 e. The van der Waals surface area contributed by atoms with E-state index in [1.165, 1.54) is 0 Å². The summed E-state index contributed by atoms with van der Waals surface area (Å²) in [6.45, 7) is 3.32. The Morgan fingerprint density at radius 3 is 2.53 bits per heavy atom. The first-order chi connectivity index (χ1) is 9.06. The Morgan fingerprint density at radius 2 is 1.89 bits per heavy atom. The highest BCUT2D eigenvalue weighted by Gasteiger charge is 2.31. The van der Waals surface area contributed by atoms with E-state index in [4.69, 9.17) is 11.5 Å². The quantitative estimate of drug-likeness (QED) is 0.696. The summed E-state index contributed by atoms with van der Waals surface area (Å²) in [5, 5.41) is 0. The maximum Gasteiger partial charge on any atom is 0.231 e. The van der Waals surface area contributed by atoms with Gasteiger partial charge in [-0.25, -0.2) is 0 Å². The molecule has 2 unspecified atom stereocenters. The molecule has 1 heterocycles. The molecule has 19 heavy (non-hydrogen) atoms. The molecule has 2 aliphatic rings. The van der Waals surface area contributed by atoms with Crippen LogP contribution in [0.4, 0.5) is 0 Å². The molecule has 2 rings (SSSR count). The van der Waals surface area contributed by atoms with E-state index in [-0.39, 0.29) is 30.3 Å². The Labute approximate surface area is 114 Å². The lowest BCUT2D eigenvalue weighted by Crippen LogP contribution is -2.40. The van der Waals surface area contributed by atoms with Crippen molar-refractivity contribution in [2.24, 2.45) is 17.4 Å². The van der Waals surface area contributed by atoms with Gasteiger partial charge in [0.05, 0.1) is 6.54 Å². The minimum atomic E-state index is -0.304. The van der Waals surface area contributed by atoms with Gasteiger partial charge in [-0.05, 0) is 25.7 Å². The van der Waals surface area contributed by atoms with Gasteiger partial charge in [-0.3, -0.25) is 14.5 Å². The number of amides is 2. The van der Waals surface area contributed by atoms with Crippen molar-refractivity contribution in [3.63, 3.8) is 0 Å². The van der Waals surface area contributed by atoms with E-state index in [2.05, 4.69) is 0 Å². The maximum atomic E-state index is 12.4. The lowest BCUT2D eigenvalue weighted by atomic mass is 10.1. The van der Waals surface area contributed by atoms with Gasteiger partial charge in [-0.1, -0.05) is 0 Å². The van der Waals surface area contributed by atoms with Crippen LogP contribution in [0.5, 0.6) is 0 Å². The van der Waals surface area contributed by atoms with Crippen molar-refractivity contribution in [2.45, 2.75) is 31.7 Å². The largest absolute Gasteiger partial charge is 0.369 e. The molecule has 2 fully saturated rings. The van der Waals surface area contributed by atoms with Crippen LogP contribution >= 0.6 is 0 Å². The highest BCUT2D eigenvalue weighted by Crippen LogP contribution is 2.26. The lowest BCUT2D eigenvalue weighted by Gasteiger charge is -2.24. The Hall–Kier alpha value is -1.14. The molecule has 0 bridgehead atoms. The molecule has 6 heteroatoms. The third-order valence-corrected chi connectivity index (χ3v) is 4.10. The number of nitrogens with zero attached hydrogens (tertiary/aromatic N) is 2. The van der Waals surface area contributed by atoms with E-state index in [9.17, 15) is 9.59 Å². The summed E-state index contributed by atoms with van der Waals surface area (Å²) < 4.78 is 0. The van der Waals surface area contributed by atoms with Crippen LogP contribution in [-0.2, 0) is 9.59 Å². The molecule has 0 radical (unpaired) electrons. The average Bonchev–Trinajstić information content (AvgIpc) is 2.65. The van der Waals surface area contributed by atoms with Crippen LogP contribution in [0.25, 0.3) is 0 Å². The summed E-state index contributed by atoms with van der Waals surface area (Å²) >= 11 is 0. The highest BCUT2D eigenvalue weighted by molar-refractivity contribution is 5.79. The van der Waals surface area contributed by atoms with E-state index in [1.807, 2.05) is 9.80 Å². The third-order valence-electron chi connectivity index (χ3n) is 4.10. The second-order valence-electron chi connectivity index (χ2n) is 5.69. The van der Waals surface area contributed by atoms with Crippen molar-refractivity contribution in [1.29, 1.82) is 0 Å². The number of carbonyl (C=O) groups excluding carboxylic acids is 2. The Kier molecular flexibility index (Phi) is 4.76. The van der Waals surface area contributed by atoms with Crippen LogP contribution < -0.4 is 11.5 Å². The number of nitrogens with two attached hydrogens (primary N) is 2. The molecule has 1 aliphatic carbocycles. The standard InChI is InChI=1S/C13H24N4O2/c14-11-3-2-10(8-11)13(19)17-5-1-4-16(6-7-17)9-12(15)18/h10-11H,1-9,14H2,(H2,15,18). The average molecular weight is 268 g/mol. The van der Waals surface area contributed by atoms with E-state index in [0.29, 0.717) is 6.54 Å². The van der Waals surface area contributed by atoms with Crippen LogP contribution in [0.2, 0.25) is 0 Å². The first kappa shape index (κ1) is 14.3. The first-order valence-electron chi connectivity index (χ1n) is 7.11. The van der Waals surface area contributed by atoms with Gasteiger partial charge in [0.1, 0.15) is 0 Å². The van der Waals surface area contributed by atoms with Crippen LogP contribution in [0, 0.1) is 5.92 Å². The van der Waals surface area contributed by atoms with Crippen molar-refractivity contribution in [2.75, 3.05) is 32.7 Å². The second-order valence-corrected chi connectivity index (χ2v) is 5.69. The predicted octanol–water partition coefficient (Wildman–Crippen LogP) is -0.867. The van der Waals surface area contributed by atoms with Gasteiger partial charge in [0.25, 0.3) is 0 Å². The van der Waals surface area contributed by atoms with E-state index < -0.39 is 0 Å². The van der Waals surface area contributed by atoms with Crippen LogP contribution in [-0.4, -0.2) is 60.4 Å². The molecule has 1 saturated heterocycles. The van der Waals surface area contributed by atoms with E-state index in [1.54, 1.807) is 0 Å². The molecule has 0 aromatic heterocycles. The van der Waals surface area contributed by atoms with Crippen molar-refractivity contribution in [1.82, 2.24) is 9.80 Å². The Bertz CT molecular complexity index is 348. The van der Waals surface area contributed by atoms with E-state index in [0.717, 1.165) is 45.3 Å². The molecule has 0 spiro atoms. The zero-order valence-electron chi connectivity index (χ0n) is 11.4. The summed E-state index contributed by atoms with van der Waals surface area (Å²) in [6.07, 6.45) is 3.59. The topological polar surface area (TPSA) is 92.7 Å². The molecule has 6 nitrogen and oxygen atoms in total. The summed E-state index contributed by atoms with van der Waals surface area (Å²) in [6, 6.07) is 0.187. The summed E-state index contributed by atoms with van der Waals surface area (Å²) in [7, 11) is 0. The molecular formula is C13H24N4O2. The monoisotopic (exact) mass is 268 g/mol. The fourth-order valence-corrected chi connectivity index (χ4v) is 3.07. The number of rotatable bonds is 3. The lowest BCUT2D eigenvalue weighted by molar-refractivity contribution is -0.135. The molecule has 108 valence electrons. The molecule has 1 saturated carbocycles. The molecular weight excluding hydrogens is 244 g/mol. The van der Waals surface area contributed by atoms with Crippen LogP contribution in [0.15, 0.2) is 0 Å². The SMILES string of the molecule is NC(=O)CN1CCCN(C(=O)C2CCC(N)C2)CC1. The number of carbonyl (C=O) groups is 2. The number of primary amides is 1. The molecule has 0 aromatic rings. The molecule has 2 atom stereocenters. The van der Waals surface area contributed by atoms with Gasteiger partial charge in [-0.2, -0.15) is 0 Å². The normalized spacial score (nSPS) is 29.2. The van der Waals surface area contributed by atoms with Gasteiger partial charge in [-0.15, -0.1) is 0 Å². The van der Waals surface area contributed by atoms with Gasteiger partial charge in [0, 0.05) is 38.1 Å². The van der Waals surface area contributed by atoms with Crippen molar-refractivity contribution >= 4 is 11.8 Å². The fourth-order valence-electron chi connectivity index (χ4n) is 3.07. The fraction of sp³-hybridized carbons (Fsp3) is 0.846. The third kappa shape index (κ3) is 3.91. The van der Waals surface area contributed by atoms with Crippen molar-refractivity contribution in [3.05, 3.63) is 0 Å². The molecule has 0 aromatic carbocycles. The zero-order chi connectivity index (χ0) is 13.8. The zero-order valence-corrected chi connectivity index (χ0v) is 11.4. The van der Waals surface area contributed by atoms with Crippen molar-refractivity contribution < 1.29 is 9.59 Å². The summed E-state index contributed by atoms with van der Waals surface area (Å²) in [5.74, 6) is 0.0492. The molecule has 2 amide bonds. The summed E-state index contributed by atoms with van der Waals surface area (Å²) in [5.41, 5.74) is 11.1. The van der Waals surface area contributed by atoms with Crippen LogP contribution in [0.3, 0.4) is 0 Å². The number of hydrogen-bond acceptors (Lipinski definition) is 4. The number of hydrogen-bond donors (Lipinski definition) is 2. The van der Waals surface area contributed by atoms with Gasteiger partial charge < -0.3 is 16.4 Å². The van der Waals surface area contributed by atoms with E-state index >= 15 is 0 Å². The van der Waals surface area contributed by atoms with Gasteiger partial charge in [0.2, 0.25) is 11.8 Å². The molecule has 4 N–H and O–H groups in total. The minimum absolute atomic E-state index is 0.109. The van der Waals surface area contributed by atoms with Gasteiger partial charge >= 0.3 is 0 Å². The predicted molar refractivity (Wildman–Crippen MR) is 72.1 cm³/mol. The maximum absolute atomic E-state index is 12.4.